The van der Waals surface area contributed by atoms with E-state index in [0.29, 0.717) is 19.5 Å². The maximum Gasteiger partial charge on any atom is 0.435 e. The zero-order valence-electron chi connectivity index (χ0n) is 14.1. The number of hydrogen-bond donors (Lipinski definition) is 1. The van der Waals surface area contributed by atoms with Crippen LogP contribution in [0.4, 0.5) is 13.2 Å². The van der Waals surface area contributed by atoms with Gasteiger partial charge >= 0.3 is 6.18 Å². The minimum absolute atomic E-state index is 0.284. The minimum atomic E-state index is -4.53. The van der Waals surface area contributed by atoms with E-state index in [1.54, 1.807) is 4.68 Å². The Labute approximate surface area is 151 Å². The summed E-state index contributed by atoms with van der Waals surface area (Å²) >= 11 is 3.37. The summed E-state index contributed by atoms with van der Waals surface area (Å²) in [7, 11) is 0. The first kappa shape index (κ1) is 19.5. The summed E-state index contributed by atoms with van der Waals surface area (Å²) in [5.74, 6) is -0.377. The Hall–Kier alpha value is -1.84. The summed E-state index contributed by atoms with van der Waals surface area (Å²) in [6.45, 7) is 5.91. The van der Waals surface area contributed by atoms with Crippen molar-refractivity contribution >= 4 is 21.8 Å². The third kappa shape index (κ3) is 4.83. The average Bonchev–Trinajstić information content (AvgIpc) is 3.05. The highest BCUT2D eigenvalue weighted by Crippen LogP contribution is 2.29. The first-order valence-corrected chi connectivity index (χ1v) is 8.49. The highest BCUT2D eigenvalue weighted by Gasteiger charge is 2.35. The van der Waals surface area contributed by atoms with E-state index in [1.807, 2.05) is 13.1 Å². The molecule has 0 fully saturated rings. The average molecular weight is 422 g/mol. The third-order valence-corrected chi connectivity index (χ3v) is 4.49. The molecule has 1 amide bonds. The summed E-state index contributed by atoms with van der Waals surface area (Å²) in [5, 5.41) is 10.5. The molecular formula is C15H19BrF3N5O. The van der Waals surface area contributed by atoms with Crippen molar-refractivity contribution in [3.63, 3.8) is 0 Å². The highest BCUT2D eigenvalue weighted by atomic mass is 79.9. The number of rotatable bonds is 6. The monoisotopic (exact) mass is 421 g/mol. The molecule has 0 aliphatic rings. The lowest BCUT2D eigenvalue weighted by molar-refractivity contribution is -0.142. The van der Waals surface area contributed by atoms with E-state index in [1.165, 1.54) is 13.8 Å². The number of aryl methyl sites for hydroxylation is 3. The van der Waals surface area contributed by atoms with Gasteiger partial charge < -0.3 is 5.32 Å². The normalized spacial score (nSPS) is 13.1. The largest absolute Gasteiger partial charge is 0.435 e. The molecule has 0 radical (unpaired) electrons. The Bertz CT molecular complexity index is 733. The van der Waals surface area contributed by atoms with Gasteiger partial charge in [-0.1, -0.05) is 0 Å². The maximum absolute atomic E-state index is 12.7. The summed E-state index contributed by atoms with van der Waals surface area (Å²) in [5.41, 5.74) is 0.170. The van der Waals surface area contributed by atoms with Crippen LogP contribution in [-0.2, 0) is 17.5 Å². The van der Waals surface area contributed by atoms with Crippen molar-refractivity contribution < 1.29 is 18.0 Å². The van der Waals surface area contributed by atoms with Gasteiger partial charge in [-0.15, -0.1) is 0 Å². The zero-order chi connectivity index (χ0) is 18.8. The second-order valence-corrected chi connectivity index (χ2v) is 6.61. The Morgan fingerprint density at radius 2 is 2.04 bits per heavy atom. The van der Waals surface area contributed by atoms with E-state index in [0.717, 1.165) is 20.9 Å². The van der Waals surface area contributed by atoms with Crippen molar-refractivity contribution in [1.29, 1.82) is 0 Å². The molecule has 1 atom stereocenters. The first-order chi connectivity index (χ1) is 11.6. The lowest BCUT2D eigenvalue weighted by Crippen LogP contribution is -2.33. The first-order valence-electron chi connectivity index (χ1n) is 7.70. The lowest BCUT2D eigenvalue weighted by Gasteiger charge is -2.14. The van der Waals surface area contributed by atoms with Crippen LogP contribution in [0, 0.1) is 13.8 Å². The predicted molar refractivity (Wildman–Crippen MR) is 89.0 cm³/mol. The van der Waals surface area contributed by atoms with Crippen LogP contribution >= 0.6 is 15.9 Å². The van der Waals surface area contributed by atoms with Crippen LogP contribution in [0.3, 0.4) is 0 Å². The molecule has 0 bridgehead atoms. The summed E-state index contributed by atoms with van der Waals surface area (Å²) in [6, 6.07) is 0.110. The van der Waals surface area contributed by atoms with E-state index in [2.05, 4.69) is 31.4 Å². The molecule has 138 valence electrons. The zero-order valence-corrected chi connectivity index (χ0v) is 15.6. The number of nitrogens with one attached hydrogen (secondary N) is 1. The van der Waals surface area contributed by atoms with Crippen LogP contribution in [0.15, 0.2) is 16.7 Å². The quantitative estimate of drug-likeness (QED) is 0.728. The number of carbonyl (C=O) groups excluding carboxylic acids is 1. The molecule has 0 aliphatic heterocycles. The second kappa shape index (κ2) is 7.59. The number of aromatic nitrogens is 4. The van der Waals surface area contributed by atoms with Crippen LogP contribution in [0.2, 0.25) is 0 Å². The van der Waals surface area contributed by atoms with Gasteiger partial charge in [-0.2, -0.15) is 23.4 Å². The molecule has 0 saturated carbocycles. The van der Waals surface area contributed by atoms with Crippen LogP contribution in [0.5, 0.6) is 0 Å². The van der Waals surface area contributed by atoms with Gasteiger partial charge in [-0.3, -0.25) is 14.2 Å². The van der Waals surface area contributed by atoms with Gasteiger partial charge in [0.2, 0.25) is 5.91 Å². The SMILES string of the molecule is Cc1nn(CCCNC(=O)C(C)n2nc(C(F)(F)F)cc2C)cc1Br. The molecule has 2 rings (SSSR count). The molecule has 0 aliphatic carbocycles. The summed E-state index contributed by atoms with van der Waals surface area (Å²) in [4.78, 5) is 12.1. The standard InChI is InChI=1S/C15H19BrF3N5O/c1-9-7-13(15(17,18)19)22-24(9)11(3)14(25)20-5-4-6-23-8-12(16)10(2)21-23/h7-8,11H,4-6H2,1-3H3,(H,20,25). The molecule has 0 aromatic carbocycles. The van der Waals surface area contributed by atoms with Crippen LogP contribution in [0.25, 0.3) is 0 Å². The summed E-state index contributed by atoms with van der Waals surface area (Å²) in [6.07, 6.45) is -2.02. The van der Waals surface area contributed by atoms with Crippen molar-refractivity contribution in [3.8, 4) is 0 Å². The Balaban J connectivity index is 1.87. The topological polar surface area (TPSA) is 64.7 Å². The van der Waals surface area contributed by atoms with Gasteiger partial charge in [-0.25, -0.2) is 0 Å². The number of amides is 1. The van der Waals surface area contributed by atoms with Crippen molar-refractivity contribution in [1.82, 2.24) is 24.9 Å². The summed E-state index contributed by atoms with van der Waals surface area (Å²) < 4.78 is 41.9. The van der Waals surface area contributed by atoms with E-state index in [4.69, 9.17) is 0 Å². The Morgan fingerprint density at radius 1 is 1.36 bits per heavy atom. The maximum atomic E-state index is 12.7. The Kier molecular flexibility index (Phi) is 5.91. The molecule has 25 heavy (non-hydrogen) atoms. The molecule has 0 saturated heterocycles. The van der Waals surface area contributed by atoms with Gasteiger partial charge in [0.1, 0.15) is 6.04 Å². The van der Waals surface area contributed by atoms with Crippen molar-refractivity contribution in [2.75, 3.05) is 6.54 Å². The molecule has 10 heteroatoms. The Morgan fingerprint density at radius 3 is 2.56 bits per heavy atom. The van der Waals surface area contributed by atoms with Crippen molar-refractivity contribution in [3.05, 3.63) is 33.8 Å². The fourth-order valence-electron chi connectivity index (χ4n) is 2.34. The van der Waals surface area contributed by atoms with E-state index in [-0.39, 0.29) is 11.6 Å². The van der Waals surface area contributed by atoms with Crippen LogP contribution in [0.1, 0.15) is 36.5 Å². The predicted octanol–water partition coefficient (Wildman–Crippen LogP) is 3.25. The molecule has 1 N–H and O–H groups in total. The van der Waals surface area contributed by atoms with Gasteiger partial charge in [0.25, 0.3) is 0 Å². The molecule has 6 nitrogen and oxygen atoms in total. The molecule has 1 unspecified atom stereocenters. The number of alkyl halides is 3. The van der Waals surface area contributed by atoms with E-state index < -0.39 is 17.9 Å². The van der Waals surface area contributed by atoms with Crippen LogP contribution in [-0.4, -0.2) is 32.0 Å². The van der Waals surface area contributed by atoms with Gasteiger partial charge in [0.15, 0.2) is 5.69 Å². The number of halogens is 4. The van der Waals surface area contributed by atoms with Crippen LogP contribution < -0.4 is 5.32 Å². The fraction of sp³-hybridized carbons (Fsp3) is 0.533. The molecule has 0 spiro atoms. The van der Waals surface area contributed by atoms with E-state index >= 15 is 0 Å². The van der Waals surface area contributed by atoms with Crippen molar-refractivity contribution in [2.45, 2.75) is 46.0 Å². The highest BCUT2D eigenvalue weighted by molar-refractivity contribution is 9.10. The minimum Gasteiger partial charge on any atom is -0.354 e. The van der Waals surface area contributed by atoms with Crippen molar-refractivity contribution in [2.24, 2.45) is 0 Å². The van der Waals surface area contributed by atoms with Gasteiger partial charge in [-0.05, 0) is 49.2 Å². The second-order valence-electron chi connectivity index (χ2n) is 5.76. The third-order valence-electron chi connectivity index (χ3n) is 3.71. The molecule has 2 aromatic rings. The number of nitrogens with zero attached hydrogens (tertiary/aromatic N) is 4. The van der Waals surface area contributed by atoms with Gasteiger partial charge in [0.05, 0.1) is 10.2 Å². The number of hydrogen-bond acceptors (Lipinski definition) is 3. The van der Waals surface area contributed by atoms with E-state index in [9.17, 15) is 18.0 Å². The molecular weight excluding hydrogens is 403 g/mol. The molecule has 2 heterocycles. The smallest absolute Gasteiger partial charge is 0.354 e. The lowest BCUT2D eigenvalue weighted by atomic mass is 10.3. The van der Waals surface area contributed by atoms with Gasteiger partial charge in [0, 0.05) is 25.0 Å². The molecule has 2 aromatic heterocycles. The number of carbonyl (C=O) groups is 1. The fourth-order valence-corrected chi connectivity index (χ4v) is 2.65.